The van der Waals surface area contributed by atoms with Crippen LogP contribution in [0.4, 0.5) is 0 Å². The number of rotatable bonds is 5. The monoisotopic (exact) mass is 406 g/mol. The van der Waals surface area contributed by atoms with Crippen LogP contribution < -0.4 is 20.7 Å². The van der Waals surface area contributed by atoms with Crippen molar-refractivity contribution >= 4 is 33.5 Å². The predicted octanol–water partition coefficient (Wildman–Crippen LogP) is 2.98. The molecule has 0 bridgehead atoms. The first kappa shape index (κ1) is 19.1. The van der Waals surface area contributed by atoms with Gasteiger partial charge in [-0.3, -0.25) is 9.59 Å². The third-order valence-electron chi connectivity index (χ3n) is 4.61. The standard InChI is InChI=1S/C22H14O8/c1-27-15-5-3-7-17-11(15)9-13(21(25)29-17)19(23)20(24)14-10-12-16(28-2)6-4-8-18(12)30-22(14)26/h3-10H,1-2H3. The molecule has 2 heterocycles. The van der Waals surface area contributed by atoms with Gasteiger partial charge in [-0.25, -0.2) is 9.59 Å². The van der Waals surface area contributed by atoms with Gasteiger partial charge in [0.15, 0.2) is 0 Å². The van der Waals surface area contributed by atoms with E-state index in [0.717, 1.165) is 0 Å². The lowest BCUT2D eigenvalue weighted by Crippen LogP contribution is -2.26. The van der Waals surface area contributed by atoms with Gasteiger partial charge in [-0.1, -0.05) is 12.1 Å². The van der Waals surface area contributed by atoms with Gasteiger partial charge in [-0.15, -0.1) is 0 Å². The highest BCUT2D eigenvalue weighted by Gasteiger charge is 2.27. The van der Waals surface area contributed by atoms with Gasteiger partial charge in [0.2, 0.25) is 11.6 Å². The normalized spacial score (nSPS) is 10.9. The van der Waals surface area contributed by atoms with Gasteiger partial charge in [0.25, 0.3) is 0 Å². The lowest BCUT2D eigenvalue weighted by Gasteiger charge is -2.07. The fourth-order valence-corrected chi connectivity index (χ4v) is 3.14. The Morgan fingerprint density at radius 1 is 0.700 bits per heavy atom. The molecule has 0 atom stereocenters. The van der Waals surface area contributed by atoms with Crippen molar-refractivity contribution in [2.24, 2.45) is 0 Å². The first-order valence-corrected chi connectivity index (χ1v) is 8.75. The lowest BCUT2D eigenvalue weighted by molar-refractivity contribution is 0.0812. The van der Waals surface area contributed by atoms with Crippen LogP contribution in [0.1, 0.15) is 20.7 Å². The molecule has 0 N–H and O–H groups in total. The summed E-state index contributed by atoms with van der Waals surface area (Å²) in [5, 5.41) is 0.672. The molecule has 30 heavy (non-hydrogen) atoms. The summed E-state index contributed by atoms with van der Waals surface area (Å²) < 4.78 is 20.7. The van der Waals surface area contributed by atoms with Gasteiger partial charge < -0.3 is 18.3 Å². The van der Waals surface area contributed by atoms with Crippen molar-refractivity contribution in [3.05, 3.63) is 80.5 Å². The van der Waals surface area contributed by atoms with E-state index in [0.29, 0.717) is 22.3 Å². The smallest absolute Gasteiger partial charge is 0.347 e. The first-order valence-electron chi connectivity index (χ1n) is 8.75. The maximum absolute atomic E-state index is 12.8. The average molecular weight is 406 g/mol. The van der Waals surface area contributed by atoms with Crippen molar-refractivity contribution in [2.45, 2.75) is 0 Å². The van der Waals surface area contributed by atoms with E-state index in [1.807, 2.05) is 0 Å². The van der Waals surface area contributed by atoms with Crippen molar-refractivity contribution in [3.63, 3.8) is 0 Å². The number of fused-ring (bicyclic) bond motifs is 2. The molecule has 8 nitrogen and oxygen atoms in total. The summed E-state index contributed by atoms with van der Waals surface area (Å²) in [6.45, 7) is 0. The Morgan fingerprint density at radius 3 is 1.47 bits per heavy atom. The molecule has 4 aromatic rings. The number of hydrogen-bond donors (Lipinski definition) is 0. The number of carbonyl (C=O) groups excluding carboxylic acids is 2. The minimum atomic E-state index is -1.20. The minimum Gasteiger partial charge on any atom is -0.496 e. The van der Waals surface area contributed by atoms with Crippen LogP contribution in [0.25, 0.3) is 21.9 Å². The van der Waals surface area contributed by atoms with E-state index in [9.17, 15) is 19.2 Å². The molecule has 0 spiro atoms. The zero-order valence-corrected chi connectivity index (χ0v) is 15.9. The molecule has 0 unspecified atom stereocenters. The number of Topliss-reactive ketones (excluding diaryl/α,β-unsaturated/α-hetero) is 2. The fourth-order valence-electron chi connectivity index (χ4n) is 3.14. The molecular weight excluding hydrogens is 392 g/mol. The molecule has 2 aromatic carbocycles. The number of ether oxygens (including phenoxy) is 2. The Kier molecular flexibility index (Phi) is 4.67. The van der Waals surface area contributed by atoms with E-state index < -0.39 is 33.9 Å². The van der Waals surface area contributed by atoms with E-state index in [1.165, 1.54) is 38.5 Å². The Morgan fingerprint density at radius 2 is 1.10 bits per heavy atom. The SMILES string of the molecule is COc1cccc2oc(=O)c(C(=O)C(=O)c3cc4c(OC)cccc4oc3=O)cc12. The molecule has 0 fully saturated rings. The lowest BCUT2D eigenvalue weighted by atomic mass is 10.0. The number of ketones is 2. The molecule has 0 amide bonds. The van der Waals surface area contributed by atoms with Crippen molar-refractivity contribution in [1.29, 1.82) is 0 Å². The molecule has 8 heteroatoms. The molecule has 4 rings (SSSR count). The molecular formula is C22H14O8. The Bertz CT molecular complexity index is 1330. The van der Waals surface area contributed by atoms with Gasteiger partial charge in [0.05, 0.1) is 25.0 Å². The van der Waals surface area contributed by atoms with E-state index >= 15 is 0 Å². The molecule has 0 aliphatic carbocycles. The van der Waals surface area contributed by atoms with Crippen molar-refractivity contribution in [1.82, 2.24) is 0 Å². The van der Waals surface area contributed by atoms with Gasteiger partial charge >= 0.3 is 11.3 Å². The van der Waals surface area contributed by atoms with Crippen LogP contribution in [0.5, 0.6) is 11.5 Å². The van der Waals surface area contributed by atoms with E-state index in [2.05, 4.69) is 0 Å². The van der Waals surface area contributed by atoms with Crippen LogP contribution in [-0.4, -0.2) is 25.8 Å². The Labute approximate surface area is 168 Å². The zero-order chi connectivity index (χ0) is 21.4. The summed E-state index contributed by atoms with van der Waals surface area (Å²) >= 11 is 0. The molecule has 0 saturated carbocycles. The van der Waals surface area contributed by atoms with Gasteiger partial charge in [0, 0.05) is 0 Å². The van der Waals surface area contributed by atoms with Gasteiger partial charge in [-0.2, -0.15) is 0 Å². The predicted molar refractivity (Wildman–Crippen MR) is 107 cm³/mol. The second-order valence-corrected chi connectivity index (χ2v) is 6.30. The highest BCUT2D eigenvalue weighted by Crippen LogP contribution is 2.27. The minimum absolute atomic E-state index is 0.193. The van der Waals surface area contributed by atoms with Crippen molar-refractivity contribution in [3.8, 4) is 11.5 Å². The summed E-state index contributed by atoms with van der Waals surface area (Å²) in [6, 6.07) is 11.9. The van der Waals surface area contributed by atoms with E-state index in [-0.39, 0.29) is 11.2 Å². The zero-order valence-electron chi connectivity index (χ0n) is 15.9. The number of benzene rings is 2. The highest BCUT2D eigenvalue weighted by molar-refractivity contribution is 6.49. The third kappa shape index (κ3) is 3.04. The first-order chi connectivity index (χ1) is 14.4. The van der Waals surface area contributed by atoms with Crippen molar-refractivity contribution < 1.29 is 27.9 Å². The molecule has 0 radical (unpaired) electrons. The van der Waals surface area contributed by atoms with Gasteiger partial charge in [0.1, 0.15) is 33.8 Å². The summed E-state index contributed by atoms with van der Waals surface area (Å²) in [6.07, 6.45) is 0. The van der Waals surface area contributed by atoms with Crippen LogP contribution in [0.3, 0.4) is 0 Å². The number of carbonyl (C=O) groups is 2. The number of hydrogen-bond acceptors (Lipinski definition) is 8. The van der Waals surface area contributed by atoms with Crippen LogP contribution in [0.15, 0.2) is 67.0 Å². The summed E-state index contributed by atoms with van der Waals surface area (Å²) in [5.41, 5.74) is -2.65. The summed E-state index contributed by atoms with van der Waals surface area (Å²) in [5.74, 6) is -1.68. The molecule has 0 aliphatic heterocycles. The average Bonchev–Trinajstić information content (AvgIpc) is 2.76. The van der Waals surface area contributed by atoms with Crippen LogP contribution in [-0.2, 0) is 0 Å². The van der Waals surface area contributed by atoms with Crippen molar-refractivity contribution in [2.75, 3.05) is 14.2 Å². The van der Waals surface area contributed by atoms with E-state index in [1.54, 1.807) is 24.3 Å². The number of methoxy groups -OCH3 is 2. The topological polar surface area (TPSA) is 113 Å². The molecule has 2 aromatic heterocycles. The largest absolute Gasteiger partial charge is 0.496 e. The summed E-state index contributed by atoms with van der Waals surface area (Å²) in [4.78, 5) is 50.2. The highest BCUT2D eigenvalue weighted by atomic mass is 16.5. The third-order valence-corrected chi connectivity index (χ3v) is 4.61. The van der Waals surface area contributed by atoms with Crippen LogP contribution in [0.2, 0.25) is 0 Å². The Hall–Kier alpha value is -4.20. The summed E-state index contributed by atoms with van der Waals surface area (Å²) in [7, 11) is 2.83. The quantitative estimate of drug-likeness (QED) is 0.282. The molecule has 0 saturated heterocycles. The maximum Gasteiger partial charge on any atom is 0.347 e. The van der Waals surface area contributed by atoms with E-state index in [4.69, 9.17) is 18.3 Å². The fraction of sp³-hybridized carbons (Fsp3) is 0.0909. The molecule has 0 aliphatic rings. The second-order valence-electron chi connectivity index (χ2n) is 6.30. The second kappa shape index (κ2) is 7.32. The Balaban J connectivity index is 1.86. The maximum atomic E-state index is 12.8. The van der Waals surface area contributed by atoms with Crippen LogP contribution >= 0.6 is 0 Å². The molecule has 150 valence electrons. The van der Waals surface area contributed by atoms with Gasteiger partial charge in [-0.05, 0) is 36.4 Å². The van der Waals surface area contributed by atoms with Crippen LogP contribution in [0, 0.1) is 0 Å².